The number of thiazole rings is 1. The lowest BCUT2D eigenvalue weighted by Gasteiger charge is -2.28. The minimum absolute atomic E-state index is 0.104. The van der Waals surface area contributed by atoms with E-state index in [1.54, 1.807) is 17.5 Å². The molecule has 0 spiro atoms. The molecule has 3 aromatic rings. The van der Waals surface area contributed by atoms with Gasteiger partial charge in [-0.1, -0.05) is 6.07 Å². The van der Waals surface area contributed by atoms with Crippen molar-refractivity contribution in [3.63, 3.8) is 0 Å². The summed E-state index contributed by atoms with van der Waals surface area (Å²) in [6, 6.07) is 3.96. The first kappa shape index (κ1) is 19.4. The van der Waals surface area contributed by atoms with E-state index < -0.39 is 0 Å². The zero-order valence-corrected chi connectivity index (χ0v) is 18.2. The number of hydrogen-bond acceptors (Lipinski definition) is 6. The van der Waals surface area contributed by atoms with Gasteiger partial charge in [-0.15, -0.1) is 22.7 Å². The van der Waals surface area contributed by atoms with Crippen LogP contribution in [0, 0.1) is 5.92 Å². The van der Waals surface area contributed by atoms with Crippen molar-refractivity contribution in [1.82, 2.24) is 25.0 Å². The molecule has 5 rings (SSSR count). The second-order valence-corrected chi connectivity index (χ2v) is 9.84. The van der Waals surface area contributed by atoms with Crippen LogP contribution in [0.1, 0.15) is 44.5 Å². The molecule has 1 fully saturated rings. The molecule has 1 N–H and O–H groups in total. The molecule has 9 heteroatoms. The van der Waals surface area contributed by atoms with Gasteiger partial charge in [-0.3, -0.25) is 14.3 Å². The van der Waals surface area contributed by atoms with Gasteiger partial charge in [0.2, 0.25) is 5.91 Å². The van der Waals surface area contributed by atoms with E-state index in [1.807, 2.05) is 32.5 Å². The number of carbonyl (C=O) groups excluding carboxylic acids is 2. The van der Waals surface area contributed by atoms with Crippen molar-refractivity contribution < 1.29 is 9.59 Å². The number of rotatable bonds is 7. The largest absolute Gasteiger partial charge is 0.344 e. The van der Waals surface area contributed by atoms with E-state index in [4.69, 9.17) is 5.10 Å². The molecule has 7 nitrogen and oxygen atoms in total. The van der Waals surface area contributed by atoms with Gasteiger partial charge in [0, 0.05) is 53.8 Å². The van der Waals surface area contributed by atoms with Crippen LogP contribution in [-0.2, 0) is 37.3 Å². The van der Waals surface area contributed by atoms with E-state index in [2.05, 4.69) is 10.3 Å². The van der Waals surface area contributed by atoms with Gasteiger partial charge >= 0.3 is 0 Å². The van der Waals surface area contributed by atoms with Crippen LogP contribution in [0.25, 0.3) is 0 Å². The highest BCUT2D eigenvalue weighted by Crippen LogP contribution is 2.32. The summed E-state index contributed by atoms with van der Waals surface area (Å²) < 4.78 is 2.02. The molecule has 0 aromatic carbocycles. The summed E-state index contributed by atoms with van der Waals surface area (Å²) in [6.45, 7) is 2.38. The van der Waals surface area contributed by atoms with E-state index in [1.165, 1.54) is 24.2 Å². The van der Waals surface area contributed by atoms with Gasteiger partial charge < -0.3 is 10.2 Å². The Kier molecular flexibility index (Phi) is 5.39. The summed E-state index contributed by atoms with van der Waals surface area (Å²) in [6.07, 6.45) is 5.34. The third kappa shape index (κ3) is 4.17. The van der Waals surface area contributed by atoms with E-state index in [0.717, 1.165) is 34.1 Å². The van der Waals surface area contributed by atoms with E-state index in [-0.39, 0.29) is 11.8 Å². The predicted molar refractivity (Wildman–Crippen MR) is 115 cm³/mol. The molecule has 0 unspecified atom stereocenters. The number of carbonyl (C=O) groups is 2. The standard InChI is InChI=1S/C21H23N5O2S2/c27-19(10-15-2-1-8-29-15)25-7-5-17-16(13-25)20(24-26(17)12-14-3-4-14)21(28)23-11-18-22-6-9-30-18/h1-2,6,8-9,14H,3-5,7,10-13H2,(H,23,28). The number of aromatic nitrogens is 3. The molecule has 0 bridgehead atoms. The Balaban J connectivity index is 1.35. The zero-order valence-electron chi connectivity index (χ0n) is 16.5. The second-order valence-electron chi connectivity index (χ2n) is 7.83. The van der Waals surface area contributed by atoms with Gasteiger partial charge in [-0.25, -0.2) is 4.98 Å². The lowest BCUT2D eigenvalue weighted by Crippen LogP contribution is -2.38. The number of fused-ring (bicyclic) bond motifs is 1. The van der Waals surface area contributed by atoms with Crippen LogP contribution in [0.2, 0.25) is 0 Å². The molecular formula is C21H23N5O2S2. The van der Waals surface area contributed by atoms with E-state index in [9.17, 15) is 9.59 Å². The maximum atomic E-state index is 12.9. The Labute approximate surface area is 182 Å². The average Bonchev–Trinajstić information content (AvgIpc) is 3.15. The maximum Gasteiger partial charge on any atom is 0.272 e. The zero-order chi connectivity index (χ0) is 20.5. The Morgan fingerprint density at radius 1 is 1.23 bits per heavy atom. The Bertz CT molecular complexity index is 1040. The Morgan fingerprint density at radius 2 is 2.13 bits per heavy atom. The van der Waals surface area contributed by atoms with Crippen molar-refractivity contribution in [2.75, 3.05) is 6.54 Å². The first-order chi connectivity index (χ1) is 14.7. The summed E-state index contributed by atoms with van der Waals surface area (Å²) in [7, 11) is 0. The van der Waals surface area contributed by atoms with Crippen molar-refractivity contribution in [3.8, 4) is 0 Å². The lowest BCUT2D eigenvalue weighted by molar-refractivity contribution is -0.131. The highest BCUT2D eigenvalue weighted by molar-refractivity contribution is 7.10. The highest BCUT2D eigenvalue weighted by Gasteiger charge is 2.32. The van der Waals surface area contributed by atoms with Crippen molar-refractivity contribution >= 4 is 34.5 Å². The molecule has 2 amide bonds. The molecule has 1 aliphatic heterocycles. The summed E-state index contributed by atoms with van der Waals surface area (Å²) in [5.41, 5.74) is 2.47. The molecule has 3 aromatic heterocycles. The van der Waals surface area contributed by atoms with Gasteiger partial charge in [0.1, 0.15) is 5.01 Å². The van der Waals surface area contributed by atoms with Gasteiger partial charge in [0.15, 0.2) is 5.69 Å². The monoisotopic (exact) mass is 441 g/mol. The maximum absolute atomic E-state index is 12.9. The normalized spacial score (nSPS) is 15.8. The second kappa shape index (κ2) is 8.31. The number of hydrogen-bond donors (Lipinski definition) is 1. The van der Waals surface area contributed by atoms with Crippen LogP contribution in [-0.4, -0.2) is 38.0 Å². The average molecular weight is 442 g/mol. The summed E-state index contributed by atoms with van der Waals surface area (Å²) in [5.74, 6) is 0.578. The first-order valence-electron chi connectivity index (χ1n) is 10.2. The van der Waals surface area contributed by atoms with Gasteiger partial charge in [0.25, 0.3) is 5.91 Å². The van der Waals surface area contributed by atoms with E-state index >= 15 is 0 Å². The minimum atomic E-state index is -0.191. The molecule has 1 saturated carbocycles. The Morgan fingerprint density at radius 3 is 2.87 bits per heavy atom. The van der Waals surface area contributed by atoms with Crippen LogP contribution in [0.15, 0.2) is 29.1 Å². The number of amides is 2. The molecule has 1 aliphatic carbocycles. The molecule has 2 aliphatic rings. The molecule has 0 saturated heterocycles. The summed E-state index contributed by atoms with van der Waals surface area (Å²) >= 11 is 3.11. The SMILES string of the molecule is O=C(NCc1nccs1)c1nn(CC2CC2)c2c1CN(C(=O)Cc1cccs1)CC2. The van der Waals surface area contributed by atoms with Crippen LogP contribution >= 0.6 is 22.7 Å². The molecule has 0 radical (unpaired) electrons. The third-order valence-corrected chi connectivity index (χ3v) is 7.28. The fraction of sp³-hybridized carbons (Fsp3) is 0.429. The van der Waals surface area contributed by atoms with Crippen LogP contribution < -0.4 is 5.32 Å². The molecule has 4 heterocycles. The fourth-order valence-corrected chi connectivity index (χ4v) is 5.09. The highest BCUT2D eigenvalue weighted by atomic mass is 32.1. The number of nitrogens with one attached hydrogen (secondary N) is 1. The lowest BCUT2D eigenvalue weighted by atomic mass is 10.0. The van der Waals surface area contributed by atoms with Gasteiger partial charge in [0.05, 0.1) is 13.0 Å². The first-order valence-corrected chi connectivity index (χ1v) is 12.0. The predicted octanol–water partition coefficient (Wildman–Crippen LogP) is 2.87. The van der Waals surface area contributed by atoms with Crippen molar-refractivity contribution in [2.45, 2.75) is 45.3 Å². The molecular weight excluding hydrogens is 418 g/mol. The molecule has 30 heavy (non-hydrogen) atoms. The summed E-state index contributed by atoms with van der Waals surface area (Å²) in [5, 5.41) is 12.4. The van der Waals surface area contributed by atoms with E-state index in [0.29, 0.717) is 37.7 Å². The van der Waals surface area contributed by atoms with Gasteiger partial charge in [-0.05, 0) is 30.2 Å². The van der Waals surface area contributed by atoms with Crippen molar-refractivity contribution in [3.05, 3.63) is 55.9 Å². The quantitative estimate of drug-likeness (QED) is 0.611. The molecule has 156 valence electrons. The number of nitrogens with zero attached hydrogens (tertiary/aromatic N) is 4. The van der Waals surface area contributed by atoms with Crippen LogP contribution in [0.3, 0.4) is 0 Å². The number of thiophene rings is 1. The molecule has 0 atom stereocenters. The summed E-state index contributed by atoms with van der Waals surface area (Å²) in [4.78, 5) is 32.9. The topological polar surface area (TPSA) is 80.1 Å². The fourth-order valence-electron chi connectivity index (χ4n) is 3.84. The van der Waals surface area contributed by atoms with Crippen LogP contribution in [0.4, 0.5) is 0 Å². The minimum Gasteiger partial charge on any atom is -0.344 e. The smallest absolute Gasteiger partial charge is 0.272 e. The van der Waals surface area contributed by atoms with Gasteiger partial charge in [-0.2, -0.15) is 5.10 Å². The third-order valence-electron chi connectivity index (χ3n) is 5.62. The van der Waals surface area contributed by atoms with Crippen molar-refractivity contribution in [1.29, 1.82) is 0 Å². The Hall–Kier alpha value is -2.52. The van der Waals surface area contributed by atoms with Crippen LogP contribution in [0.5, 0.6) is 0 Å². The van der Waals surface area contributed by atoms with Crippen molar-refractivity contribution in [2.24, 2.45) is 5.92 Å².